The van der Waals surface area contributed by atoms with E-state index in [4.69, 9.17) is 21.1 Å². The molecule has 5 heteroatoms. The van der Waals surface area contributed by atoms with E-state index in [0.717, 1.165) is 0 Å². The summed E-state index contributed by atoms with van der Waals surface area (Å²) >= 11 is 6.07. The van der Waals surface area contributed by atoms with Gasteiger partial charge in [0.2, 0.25) is 0 Å². The number of hydrogen-bond acceptors (Lipinski definition) is 4. The van der Waals surface area contributed by atoms with Gasteiger partial charge < -0.3 is 14.6 Å². The summed E-state index contributed by atoms with van der Waals surface area (Å²) in [5, 5.41) is 9.81. The Morgan fingerprint density at radius 2 is 2.11 bits per heavy atom. The Morgan fingerprint density at radius 1 is 1.42 bits per heavy atom. The fourth-order valence-electron chi connectivity index (χ4n) is 1.56. The van der Waals surface area contributed by atoms with Gasteiger partial charge in [0.05, 0.1) is 17.7 Å². The molecule has 0 aliphatic carbocycles. The van der Waals surface area contributed by atoms with E-state index < -0.39 is 18.2 Å². The highest BCUT2D eigenvalue weighted by Gasteiger charge is 2.20. The van der Waals surface area contributed by atoms with Gasteiger partial charge in [-0.1, -0.05) is 24.6 Å². The molecule has 19 heavy (non-hydrogen) atoms. The Bertz CT molecular complexity index is 431. The van der Waals surface area contributed by atoms with E-state index in [2.05, 4.69) is 0 Å². The molecule has 0 aliphatic heterocycles. The number of ether oxygens (including phenoxy) is 2. The van der Waals surface area contributed by atoms with Crippen LogP contribution in [0.25, 0.3) is 0 Å². The van der Waals surface area contributed by atoms with Crippen molar-refractivity contribution >= 4 is 17.6 Å². The number of carbonyl (C=O) groups excluding carboxylic acids is 1. The molecule has 0 radical (unpaired) electrons. The number of carbonyl (C=O) groups is 1. The summed E-state index contributed by atoms with van der Waals surface area (Å²) in [4.78, 5) is 11.6. The molecular weight excluding hydrogens is 268 g/mol. The number of halogens is 1. The first-order valence-electron chi connectivity index (χ1n) is 6.30. The number of aliphatic hydroxyl groups is 1. The molecule has 1 aromatic carbocycles. The lowest BCUT2D eigenvalue weighted by Gasteiger charge is -2.17. The predicted molar refractivity (Wildman–Crippen MR) is 73.4 cm³/mol. The second-order valence-corrected chi connectivity index (χ2v) is 4.54. The Morgan fingerprint density at radius 3 is 2.58 bits per heavy atom. The monoisotopic (exact) mass is 286 g/mol. The maximum absolute atomic E-state index is 11.6. The third kappa shape index (κ3) is 4.40. The van der Waals surface area contributed by atoms with Gasteiger partial charge in [-0.15, -0.1) is 0 Å². The van der Waals surface area contributed by atoms with E-state index in [9.17, 15) is 9.90 Å². The van der Waals surface area contributed by atoms with Gasteiger partial charge in [0.15, 0.2) is 6.10 Å². The highest BCUT2D eigenvalue weighted by atomic mass is 35.5. The molecule has 0 spiro atoms. The molecule has 106 valence electrons. The van der Waals surface area contributed by atoms with Crippen molar-refractivity contribution in [2.75, 3.05) is 6.61 Å². The van der Waals surface area contributed by atoms with E-state index >= 15 is 0 Å². The Kier molecular flexibility index (Phi) is 6.12. The van der Waals surface area contributed by atoms with Crippen LogP contribution >= 0.6 is 11.6 Å². The highest BCUT2D eigenvalue weighted by molar-refractivity contribution is 6.32. The van der Waals surface area contributed by atoms with E-state index in [0.29, 0.717) is 29.4 Å². The van der Waals surface area contributed by atoms with Crippen LogP contribution in [0.15, 0.2) is 18.2 Å². The average Bonchev–Trinajstić information content (AvgIpc) is 2.37. The maximum atomic E-state index is 11.6. The summed E-state index contributed by atoms with van der Waals surface area (Å²) in [6.07, 6.45) is -0.777. The molecule has 1 rings (SSSR count). The smallest absolute Gasteiger partial charge is 0.347 e. The van der Waals surface area contributed by atoms with E-state index in [1.807, 2.05) is 6.92 Å². The molecule has 0 saturated carbocycles. The molecule has 0 bridgehead atoms. The minimum absolute atomic E-state index is 0.313. The lowest BCUT2D eigenvalue weighted by Crippen LogP contribution is -2.28. The van der Waals surface area contributed by atoms with Gasteiger partial charge in [-0.3, -0.25) is 0 Å². The summed E-state index contributed by atoms with van der Waals surface area (Å²) < 4.78 is 10.5. The molecule has 2 atom stereocenters. The molecule has 0 heterocycles. The SMILES string of the molecule is CCOC(=O)C(CC)Oc1ccc(C(C)O)cc1Cl. The van der Waals surface area contributed by atoms with Crippen molar-refractivity contribution in [3.63, 3.8) is 0 Å². The number of aliphatic hydroxyl groups excluding tert-OH is 1. The van der Waals surface area contributed by atoms with Gasteiger partial charge in [-0.25, -0.2) is 4.79 Å². The predicted octanol–water partition coefficient (Wildman–Crippen LogP) is 3.11. The van der Waals surface area contributed by atoms with Crippen molar-refractivity contribution in [2.45, 2.75) is 39.4 Å². The average molecular weight is 287 g/mol. The van der Waals surface area contributed by atoms with Crippen LogP contribution in [0.3, 0.4) is 0 Å². The van der Waals surface area contributed by atoms with Crippen molar-refractivity contribution in [1.29, 1.82) is 0 Å². The number of benzene rings is 1. The van der Waals surface area contributed by atoms with Crippen molar-refractivity contribution in [3.05, 3.63) is 28.8 Å². The summed E-state index contributed by atoms with van der Waals surface area (Å²) in [6.45, 7) is 5.54. The molecular formula is C14H19ClO4. The van der Waals surface area contributed by atoms with Gasteiger partial charge in [0.25, 0.3) is 0 Å². The van der Waals surface area contributed by atoms with Crippen molar-refractivity contribution in [2.24, 2.45) is 0 Å². The van der Waals surface area contributed by atoms with E-state index in [-0.39, 0.29) is 0 Å². The highest BCUT2D eigenvalue weighted by Crippen LogP contribution is 2.29. The van der Waals surface area contributed by atoms with Crippen LogP contribution in [0, 0.1) is 0 Å². The largest absolute Gasteiger partial charge is 0.477 e. The zero-order chi connectivity index (χ0) is 14.4. The van der Waals surface area contributed by atoms with Crippen molar-refractivity contribution in [3.8, 4) is 5.75 Å². The van der Waals surface area contributed by atoms with Gasteiger partial charge in [0, 0.05) is 0 Å². The third-order valence-corrected chi connectivity index (χ3v) is 2.92. The second kappa shape index (κ2) is 7.36. The molecule has 1 N–H and O–H groups in total. The normalized spacial score (nSPS) is 13.7. The minimum atomic E-state index is -0.671. The number of rotatable bonds is 6. The minimum Gasteiger partial charge on any atom is -0.477 e. The second-order valence-electron chi connectivity index (χ2n) is 4.13. The topological polar surface area (TPSA) is 55.8 Å². The zero-order valence-electron chi connectivity index (χ0n) is 11.4. The first kappa shape index (κ1) is 15.8. The van der Waals surface area contributed by atoms with E-state index in [1.165, 1.54) is 0 Å². The van der Waals surface area contributed by atoms with Gasteiger partial charge in [-0.05, 0) is 38.0 Å². The standard InChI is InChI=1S/C14H19ClO4/c1-4-12(14(17)18-5-2)19-13-7-6-10(9(3)16)8-11(13)15/h6-9,12,16H,4-5H2,1-3H3. The van der Waals surface area contributed by atoms with Crippen LogP contribution in [0.5, 0.6) is 5.75 Å². The quantitative estimate of drug-likeness (QED) is 0.817. The number of hydrogen-bond donors (Lipinski definition) is 1. The van der Waals surface area contributed by atoms with Crippen LogP contribution in [-0.2, 0) is 9.53 Å². The Balaban J connectivity index is 2.83. The van der Waals surface area contributed by atoms with Crippen molar-refractivity contribution < 1.29 is 19.4 Å². The van der Waals surface area contributed by atoms with Crippen LogP contribution in [0.4, 0.5) is 0 Å². The summed E-state index contributed by atoms with van der Waals surface area (Å²) in [5.74, 6) is 0.00615. The summed E-state index contributed by atoms with van der Waals surface area (Å²) in [7, 11) is 0. The summed E-state index contributed by atoms with van der Waals surface area (Å²) in [6, 6.07) is 4.98. The molecule has 0 aromatic heterocycles. The Labute approximate surface area is 118 Å². The zero-order valence-corrected chi connectivity index (χ0v) is 12.1. The van der Waals surface area contributed by atoms with Crippen LogP contribution in [0.1, 0.15) is 38.9 Å². The first-order chi connectivity index (χ1) is 8.99. The van der Waals surface area contributed by atoms with Gasteiger partial charge >= 0.3 is 5.97 Å². The number of esters is 1. The first-order valence-corrected chi connectivity index (χ1v) is 6.68. The molecule has 0 saturated heterocycles. The molecule has 0 aliphatic rings. The van der Waals surface area contributed by atoms with Crippen molar-refractivity contribution in [1.82, 2.24) is 0 Å². The van der Waals surface area contributed by atoms with E-state index in [1.54, 1.807) is 32.0 Å². The van der Waals surface area contributed by atoms with Crippen LogP contribution in [-0.4, -0.2) is 23.8 Å². The molecule has 0 fully saturated rings. The molecule has 0 amide bonds. The third-order valence-electron chi connectivity index (χ3n) is 2.63. The Hall–Kier alpha value is -1.26. The molecule has 1 aromatic rings. The summed E-state index contributed by atoms with van der Waals surface area (Å²) in [5.41, 5.74) is 0.696. The van der Waals surface area contributed by atoms with Gasteiger partial charge in [0.1, 0.15) is 5.75 Å². The maximum Gasteiger partial charge on any atom is 0.347 e. The molecule has 4 nitrogen and oxygen atoms in total. The fourth-order valence-corrected chi connectivity index (χ4v) is 1.79. The lowest BCUT2D eigenvalue weighted by atomic mass is 10.1. The molecule has 2 unspecified atom stereocenters. The van der Waals surface area contributed by atoms with Crippen LogP contribution < -0.4 is 4.74 Å². The fraction of sp³-hybridized carbons (Fsp3) is 0.500. The van der Waals surface area contributed by atoms with Crippen LogP contribution in [0.2, 0.25) is 5.02 Å². The lowest BCUT2D eigenvalue weighted by molar-refractivity contribution is -0.151. The van der Waals surface area contributed by atoms with Gasteiger partial charge in [-0.2, -0.15) is 0 Å².